The minimum atomic E-state index is -3.67. The second kappa shape index (κ2) is 40.7. The van der Waals surface area contributed by atoms with Gasteiger partial charge in [0.1, 0.15) is 0 Å². The molecule has 6 rings (SSSR count). The molecule has 2 aromatic heterocycles. The molecule has 50 heavy (non-hydrogen) atoms. The molecule has 2 nitrogen and oxygen atoms in total. The zero-order valence-corrected chi connectivity index (χ0v) is 28.9. The van der Waals surface area contributed by atoms with E-state index in [0.29, 0.717) is 0 Å². The quantitative estimate of drug-likeness (QED) is 0.185. The third-order valence-electron chi connectivity index (χ3n) is 8.50. The van der Waals surface area contributed by atoms with Crippen molar-refractivity contribution in [2.75, 3.05) is 0 Å². The Bertz CT molecular complexity index is 821. The van der Waals surface area contributed by atoms with Gasteiger partial charge in [-0.3, -0.25) is 25.9 Å². The van der Waals surface area contributed by atoms with Crippen LogP contribution >= 0.6 is 0 Å². The van der Waals surface area contributed by atoms with Crippen LogP contribution in [0.25, 0.3) is 11.1 Å². The van der Waals surface area contributed by atoms with Gasteiger partial charge in [0.15, 0.2) is 37.9 Å². The first-order valence-electron chi connectivity index (χ1n) is 16.2. The van der Waals surface area contributed by atoms with Gasteiger partial charge in [0.05, 0.1) is 0 Å². The van der Waals surface area contributed by atoms with Gasteiger partial charge in [-0.1, -0.05) is 120 Å². The van der Waals surface area contributed by atoms with E-state index in [9.17, 15) is 25.9 Å². The first-order valence-corrected chi connectivity index (χ1v) is 16.2. The fraction of sp³-hybridized carbons (Fsp3) is 0.722. The third kappa shape index (κ3) is 32.8. The van der Waals surface area contributed by atoms with E-state index in [1.165, 1.54) is 140 Å². The molecule has 4 aliphatic rings. The van der Waals surface area contributed by atoms with Crippen molar-refractivity contribution in [1.29, 1.82) is 0 Å². The summed E-state index contributed by atoms with van der Waals surface area (Å²) >= 11 is 0. The van der Waals surface area contributed by atoms with Gasteiger partial charge >= 0.3 is 15.1 Å². The van der Waals surface area contributed by atoms with Gasteiger partial charge in [-0.05, 0) is 36.8 Å². The SMILES string of the molecule is C.C.C.C.C1CCCC1.C1CCCC1.FB(F)F.FB(F)F.[F-].[F-].[Fe].[Fe].c1c[n+](CC2CCCC2)ccc1-c1cc[n+](CC2CCCC2)cc1. The Morgan fingerprint density at radius 2 is 0.600 bits per heavy atom. The van der Waals surface area contributed by atoms with Gasteiger partial charge in [0.25, 0.3) is 0 Å². The molecule has 0 spiro atoms. The van der Waals surface area contributed by atoms with Crippen molar-refractivity contribution < 1.29 is 78.6 Å². The Morgan fingerprint density at radius 1 is 0.420 bits per heavy atom. The molecule has 298 valence electrons. The van der Waals surface area contributed by atoms with E-state index in [0.717, 1.165) is 11.8 Å². The fourth-order valence-electron chi connectivity index (χ4n) is 6.29. The minimum Gasteiger partial charge on any atom is -1.00 e. The van der Waals surface area contributed by atoms with Crippen LogP contribution in [0.5, 0.6) is 0 Å². The molecule has 0 N–H and O–H groups in total. The summed E-state index contributed by atoms with van der Waals surface area (Å²) < 4.78 is 62.7. The predicted molar refractivity (Wildman–Crippen MR) is 187 cm³/mol. The average Bonchev–Trinajstić information content (AvgIpc) is 3.79. The molecule has 14 heteroatoms. The Labute approximate surface area is 322 Å². The maximum Gasteiger partial charge on any atom is 0.762 e. The maximum atomic E-state index is 9.67. The van der Waals surface area contributed by atoms with Crippen LogP contribution < -0.4 is 18.5 Å². The smallest absolute Gasteiger partial charge is 0.762 e. The van der Waals surface area contributed by atoms with Crippen LogP contribution in [0.2, 0.25) is 0 Å². The van der Waals surface area contributed by atoms with Crippen LogP contribution in [0.15, 0.2) is 49.1 Å². The molecule has 2 aromatic rings. The second-order valence-corrected chi connectivity index (χ2v) is 11.9. The van der Waals surface area contributed by atoms with Gasteiger partial charge in [-0.15, -0.1) is 0 Å². The predicted octanol–water partition coefficient (Wildman–Crippen LogP) is 6.52. The van der Waals surface area contributed by atoms with E-state index in [1.54, 1.807) is 0 Å². The van der Waals surface area contributed by atoms with Gasteiger partial charge in [-0.2, -0.15) is 0 Å². The van der Waals surface area contributed by atoms with Crippen molar-refractivity contribution in [2.45, 2.75) is 158 Å². The topological polar surface area (TPSA) is 7.76 Å². The fourth-order valence-corrected chi connectivity index (χ4v) is 6.29. The molecule has 4 saturated carbocycles. The average molecular weight is 812 g/mol. The van der Waals surface area contributed by atoms with Crippen LogP contribution in [-0.4, -0.2) is 15.1 Å². The number of hydrogen-bond donors (Lipinski definition) is 0. The Balaban J connectivity index is -0.000000120. The molecule has 0 amide bonds. The van der Waals surface area contributed by atoms with Crippen molar-refractivity contribution in [3.63, 3.8) is 0 Å². The summed E-state index contributed by atoms with van der Waals surface area (Å²) in [5.41, 5.74) is 2.65. The summed E-state index contributed by atoms with van der Waals surface area (Å²) in [5, 5.41) is 0. The van der Waals surface area contributed by atoms with Gasteiger partial charge < -0.3 is 9.41 Å². The molecule has 0 atom stereocenters. The first kappa shape index (κ1) is 63.9. The monoisotopic (exact) mass is 812 g/mol. The van der Waals surface area contributed by atoms with Crippen LogP contribution in [0.1, 0.15) is 145 Å². The van der Waals surface area contributed by atoms with E-state index in [4.69, 9.17) is 0 Å². The van der Waals surface area contributed by atoms with Crippen LogP contribution in [0.3, 0.4) is 0 Å². The summed E-state index contributed by atoms with van der Waals surface area (Å²) in [4.78, 5) is 0. The Morgan fingerprint density at radius 3 is 0.780 bits per heavy atom. The summed E-state index contributed by atoms with van der Waals surface area (Å²) in [5.74, 6) is 1.79. The number of halogens is 8. The largest absolute Gasteiger partial charge is 1.00 e. The van der Waals surface area contributed by atoms with Gasteiger partial charge in [-0.25, -0.2) is 9.13 Å². The Kier molecular flexibility index (Phi) is 52.0. The van der Waals surface area contributed by atoms with Crippen molar-refractivity contribution in [2.24, 2.45) is 11.8 Å². The number of hydrogen-bond acceptors (Lipinski definition) is 0. The summed E-state index contributed by atoms with van der Waals surface area (Å²) in [6.45, 7) is 2.38. The second-order valence-electron chi connectivity index (χ2n) is 11.9. The number of aromatic nitrogens is 2. The van der Waals surface area contributed by atoms with E-state index in [-0.39, 0.29) is 73.3 Å². The molecule has 4 fully saturated rings. The standard InChI is InChI=1S/C22H30N2.2C5H10.4CH4.2BF3.2FH.2Fe/c1-2-6-19(5-1)17-23-13-9-21(10-14-23)22-11-15-24(16-12-22)18-20-7-3-4-8-20;2*1-2-4-5-3-1;;;;;2*2-1(3)4;;;;/h9-16,19-20H,1-8,17-18H2;2*1-5H2;4*1H4;;;2*1H;;/q+2;;;;;;;;;;;;/p-2. The zero-order valence-electron chi connectivity index (χ0n) is 26.7. The van der Waals surface area contributed by atoms with Crippen molar-refractivity contribution in [1.82, 2.24) is 0 Å². The van der Waals surface area contributed by atoms with E-state index in [2.05, 4.69) is 58.2 Å². The normalized spacial score (nSPS) is 15.1. The molecule has 2 heterocycles. The first-order chi connectivity index (χ1) is 20.3. The molecule has 0 unspecified atom stereocenters. The zero-order chi connectivity index (χ0) is 30.4. The maximum absolute atomic E-state index is 9.67. The molecular weight excluding hydrogens is 746 g/mol. The molecule has 0 aromatic carbocycles. The molecule has 0 bridgehead atoms. The molecule has 0 aliphatic heterocycles. The van der Waals surface area contributed by atoms with Crippen LogP contribution in [0, 0.1) is 11.8 Å². The van der Waals surface area contributed by atoms with Crippen molar-refractivity contribution >= 4 is 15.1 Å². The Hall–Kier alpha value is -1.09. The van der Waals surface area contributed by atoms with Crippen molar-refractivity contribution in [3.8, 4) is 11.1 Å². The van der Waals surface area contributed by atoms with Crippen LogP contribution in [-0.2, 0) is 47.2 Å². The minimum absolute atomic E-state index is 0. The number of nitrogens with zero attached hydrogens (tertiary/aromatic N) is 2. The summed E-state index contributed by atoms with van der Waals surface area (Å²) in [6, 6.07) is 9.08. The van der Waals surface area contributed by atoms with Gasteiger partial charge in [0, 0.05) is 70.2 Å². The van der Waals surface area contributed by atoms with E-state index >= 15 is 0 Å². The summed E-state index contributed by atoms with van der Waals surface area (Å²) in [7, 11) is -7.33. The van der Waals surface area contributed by atoms with E-state index in [1.807, 2.05) is 0 Å². The molecule has 0 radical (unpaired) electrons. The van der Waals surface area contributed by atoms with Crippen LogP contribution in [0.4, 0.5) is 25.9 Å². The molecule has 0 saturated heterocycles. The molecule has 4 aliphatic carbocycles. The van der Waals surface area contributed by atoms with E-state index < -0.39 is 15.1 Å². The number of rotatable bonds is 5. The van der Waals surface area contributed by atoms with Crippen molar-refractivity contribution in [3.05, 3.63) is 49.1 Å². The summed E-state index contributed by atoms with van der Waals surface area (Å²) in [6.07, 6.45) is 35.4. The third-order valence-corrected chi connectivity index (χ3v) is 8.50. The van der Waals surface area contributed by atoms with Gasteiger partial charge in [0.2, 0.25) is 0 Å². The molecular formula is C36H66B2F8Fe2N2. The number of pyridine rings is 2.